The SMILES string of the molecule is CC(C)(C)OC(=O)NC(Cc1ccccc1)c1ccn[nH]1. The van der Waals surface area contributed by atoms with E-state index in [1.807, 2.05) is 57.2 Å². The Balaban J connectivity index is 2.08. The van der Waals surface area contributed by atoms with Crippen LogP contribution in [0.2, 0.25) is 0 Å². The number of nitrogens with one attached hydrogen (secondary N) is 2. The van der Waals surface area contributed by atoms with Gasteiger partial charge in [0.25, 0.3) is 0 Å². The van der Waals surface area contributed by atoms with Gasteiger partial charge in [-0.3, -0.25) is 5.10 Å². The minimum absolute atomic E-state index is 0.204. The van der Waals surface area contributed by atoms with Gasteiger partial charge in [-0.15, -0.1) is 0 Å². The Morgan fingerprint density at radius 1 is 1.29 bits per heavy atom. The third-order valence-corrected chi connectivity index (χ3v) is 2.87. The predicted molar refractivity (Wildman–Crippen MR) is 80.8 cm³/mol. The van der Waals surface area contributed by atoms with Gasteiger partial charge in [-0.2, -0.15) is 5.10 Å². The van der Waals surface area contributed by atoms with Crippen LogP contribution in [0, 0.1) is 0 Å². The third-order valence-electron chi connectivity index (χ3n) is 2.87. The fraction of sp³-hybridized carbons (Fsp3) is 0.375. The predicted octanol–water partition coefficient (Wildman–Crippen LogP) is 3.22. The van der Waals surface area contributed by atoms with Crippen molar-refractivity contribution < 1.29 is 9.53 Å². The maximum Gasteiger partial charge on any atom is 0.408 e. The van der Waals surface area contributed by atoms with E-state index in [4.69, 9.17) is 4.74 Å². The van der Waals surface area contributed by atoms with Crippen LogP contribution in [-0.2, 0) is 11.2 Å². The number of aromatic amines is 1. The van der Waals surface area contributed by atoms with Crippen LogP contribution in [0.4, 0.5) is 4.79 Å². The van der Waals surface area contributed by atoms with Gasteiger partial charge in [-0.25, -0.2) is 4.79 Å². The van der Waals surface area contributed by atoms with E-state index in [1.54, 1.807) is 6.20 Å². The Kier molecular flexibility index (Phi) is 4.62. The maximum absolute atomic E-state index is 12.0. The van der Waals surface area contributed by atoms with Crippen LogP contribution in [0.15, 0.2) is 42.6 Å². The number of hydrogen-bond acceptors (Lipinski definition) is 3. The molecule has 2 rings (SSSR count). The van der Waals surface area contributed by atoms with E-state index < -0.39 is 11.7 Å². The van der Waals surface area contributed by atoms with Crippen LogP contribution in [-0.4, -0.2) is 21.9 Å². The number of benzene rings is 1. The summed E-state index contributed by atoms with van der Waals surface area (Å²) in [5.74, 6) is 0. The zero-order valence-corrected chi connectivity index (χ0v) is 12.6. The van der Waals surface area contributed by atoms with Crippen molar-refractivity contribution in [1.82, 2.24) is 15.5 Å². The summed E-state index contributed by atoms with van der Waals surface area (Å²) in [5, 5.41) is 9.75. The second-order valence-corrected chi connectivity index (χ2v) is 5.90. The van der Waals surface area contributed by atoms with Gasteiger partial charge in [-0.1, -0.05) is 30.3 Å². The van der Waals surface area contributed by atoms with Crippen molar-refractivity contribution in [2.24, 2.45) is 0 Å². The minimum Gasteiger partial charge on any atom is -0.444 e. The molecule has 1 atom stereocenters. The number of carbonyl (C=O) groups excluding carboxylic acids is 1. The van der Waals surface area contributed by atoms with Gasteiger partial charge in [0.1, 0.15) is 5.60 Å². The fourth-order valence-electron chi connectivity index (χ4n) is 2.00. The first kappa shape index (κ1) is 15.1. The van der Waals surface area contributed by atoms with Crippen LogP contribution in [0.3, 0.4) is 0 Å². The molecule has 0 aliphatic rings. The molecule has 0 radical (unpaired) electrons. The van der Waals surface area contributed by atoms with Gasteiger partial charge in [0.15, 0.2) is 0 Å². The molecule has 1 aromatic heterocycles. The summed E-state index contributed by atoms with van der Waals surface area (Å²) in [6, 6.07) is 11.6. The molecule has 112 valence electrons. The Labute approximate surface area is 124 Å². The lowest BCUT2D eigenvalue weighted by Gasteiger charge is -2.23. The van der Waals surface area contributed by atoms with E-state index in [1.165, 1.54) is 0 Å². The van der Waals surface area contributed by atoms with Crippen LogP contribution in [0.25, 0.3) is 0 Å². The lowest BCUT2D eigenvalue weighted by Crippen LogP contribution is -2.36. The zero-order valence-electron chi connectivity index (χ0n) is 12.6. The summed E-state index contributed by atoms with van der Waals surface area (Å²) >= 11 is 0. The van der Waals surface area contributed by atoms with Gasteiger partial charge >= 0.3 is 6.09 Å². The van der Waals surface area contributed by atoms with Crippen molar-refractivity contribution in [1.29, 1.82) is 0 Å². The van der Waals surface area contributed by atoms with E-state index in [0.29, 0.717) is 6.42 Å². The molecule has 0 aliphatic heterocycles. The second-order valence-electron chi connectivity index (χ2n) is 5.90. The first-order valence-corrected chi connectivity index (χ1v) is 6.97. The Bertz CT molecular complexity index is 559. The molecule has 2 N–H and O–H groups in total. The normalized spacial score (nSPS) is 12.7. The van der Waals surface area contributed by atoms with E-state index in [2.05, 4.69) is 15.5 Å². The fourth-order valence-corrected chi connectivity index (χ4v) is 2.00. The second kappa shape index (κ2) is 6.43. The maximum atomic E-state index is 12.0. The first-order valence-electron chi connectivity index (χ1n) is 6.97. The van der Waals surface area contributed by atoms with Gasteiger partial charge in [0, 0.05) is 6.20 Å². The van der Waals surface area contributed by atoms with Gasteiger partial charge in [0.2, 0.25) is 0 Å². The molecule has 1 unspecified atom stereocenters. The molecule has 1 amide bonds. The van der Waals surface area contributed by atoms with Crippen molar-refractivity contribution >= 4 is 6.09 Å². The Morgan fingerprint density at radius 2 is 2.00 bits per heavy atom. The quantitative estimate of drug-likeness (QED) is 0.907. The molecule has 21 heavy (non-hydrogen) atoms. The Hall–Kier alpha value is -2.30. The molecule has 0 saturated heterocycles. The molecule has 0 aliphatic carbocycles. The van der Waals surface area contributed by atoms with E-state index >= 15 is 0 Å². The van der Waals surface area contributed by atoms with Crippen molar-refractivity contribution in [3.05, 3.63) is 53.9 Å². The largest absolute Gasteiger partial charge is 0.444 e. The third kappa shape index (κ3) is 4.95. The van der Waals surface area contributed by atoms with Crippen LogP contribution in [0.5, 0.6) is 0 Å². The van der Waals surface area contributed by atoms with Crippen molar-refractivity contribution in [2.75, 3.05) is 0 Å². The number of alkyl carbamates (subject to hydrolysis) is 1. The lowest BCUT2D eigenvalue weighted by atomic mass is 10.0. The first-order chi connectivity index (χ1) is 9.94. The summed E-state index contributed by atoms with van der Waals surface area (Å²) in [6.07, 6.45) is 1.91. The van der Waals surface area contributed by atoms with Crippen LogP contribution >= 0.6 is 0 Å². The van der Waals surface area contributed by atoms with Gasteiger partial charge < -0.3 is 10.1 Å². The molecule has 0 bridgehead atoms. The number of ether oxygens (including phenoxy) is 1. The highest BCUT2D eigenvalue weighted by molar-refractivity contribution is 5.68. The van der Waals surface area contributed by atoms with Crippen molar-refractivity contribution in [2.45, 2.75) is 38.8 Å². The van der Waals surface area contributed by atoms with Gasteiger partial charge in [0.05, 0.1) is 11.7 Å². The molecule has 1 heterocycles. The summed E-state index contributed by atoms with van der Waals surface area (Å²) < 4.78 is 5.32. The monoisotopic (exact) mass is 287 g/mol. The number of nitrogens with zero attached hydrogens (tertiary/aromatic N) is 1. The average molecular weight is 287 g/mol. The molecular formula is C16H21N3O2. The molecule has 0 saturated carbocycles. The summed E-state index contributed by atoms with van der Waals surface area (Å²) in [6.45, 7) is 5.53. The number of hydrogen-bond donors (Lipinski definition) is 2. The summed E-state index contributed by atoms with van der Waals surface area (Å²) in [7, 11) is 0. The molecular weight excluding hydrogens is 266 g/mol. The lowest BCUT2D eigenvalue weighted by molar-refractivity contribution is 0.0502. The van der Waals surface area contributed by atoms with E-state index in [0.717, 1.165) is 11.3 Å². The highest BCUT2D eigenvalue weighted by Gasteiger charge is 2.21. The zero-order chi connectivity index (χ0) is 15.3. The minimum atomic E-state index is -0.518. The average Bonchev–Trinajstić information content (AvgIpc) is 2.90. The standard InChI is InChI=1S/C16H21N3O2/c1-16(2,3)21-15(20)18-14(13-9-10-17-19-13)11-12-7-5-4-6-8-12/h4-10,14H,11H2,1-3H3,(H,17,19)(H,18,20). The highest BCUT2D eigenvalue weighted by Crippen LogP contribution is 2.17. The van der Waals surface area contributed by atoms with Crippen molar-refractivity contribution in [3.8, 4) is 0 Å². The summed E-state index contributed by atoms with van der Waals surface area (Å²) in [4.78, 5) is 12.0. The highest BCUT2D eigenvalue weighted by atomic mass is 16.6. The van der Waals surface area contributed by atoms with Crippen molar-refractivity contribution in [3.63, 3.8) is 0 Å². The number of carbonyl (C=O) groups is 1. The molecule has 5 nitrogen and oxygen atoms in total. The number of aromatic nitrogens is 2. The van der Waals surface area contributed by atoms with Crippen LogP contribution in [0.1, 0.15) is 38.1 Å². The number of H-pyrrole nitrogens is 1. The topological polar surface area (TPSA) is 67.0 Å². The molecule has 5 heteroatoms. The molecule has 0 spiro atoms. The van der Waals surface area contributed by atoms with Gasteiger partial charge in [-0.05, 0) is 38.8 Å². The molecule has 0 fully saturated rings. The molecule has 1 aromatic carbocycles. The number of amides is 1. The Morgan fingerprint density at radius 3 is 2.57 bits per heavy atom. The van der Waals surface area contributed by atoms with E-state index in [9.17, 15) is 4.79 Å². The smallest absolute Gasteiger partial charge is 0.408 e. The van der Waals surface area contributed by atoms with E-state index in [-0.39, 0.29) is 6.04 Å². The van der Waals surface area contributed by atoms with Crippen LogP contribution < -0.4 is 5.32 Å². The summed E-state index contributed by atoms with van der Waals surface area (Å²) in [5.41, 5.74) is 1.47. The molecule has 2 aromatic rings. The number of rotatable bonds is 4.